The fourth-order valence-corrected chi connectivity index (χ4v) is 3.89. The lowest BCUT2D eigenvalue weighted by molar-refractivity contribution is -0.111. The topological polar surface area (TPSA) is 24.5 Å². The van der Waals surface area contributed by atoms with Crippen molar-refractivity contribution in [3.05, 3.63) is 0 Å². The standard InChI is InChI=1S/C17H34N2O/c1-4-15-8-12-19(11-7-10-18-15)16-9-13-20-17(5-2,6-3)14-16/h15-16,18H,4-14H2,1-3H3. The molecule has 2 saturated heterocycles. The zero-order valence-corrected chi connectivity index (χ0v) is 13.8. The van der Waals surface area contributed by atoms with Gasteiger partial charge in [-0.25, -0.2) is 0 Å². The van der Waals surface area contributed by atoms with Gasteiger partial charge in [-0.15, -0.1) is 0 Å². The van der Waals surface area contributed by atoms with E-state index in [2.05, 4.69) is 31.0 Å². The first-order valence-corrected chi connectivity index (χ1v) is 8.84. The lowest BCUT2D eigenvalue weighted by atomic mass is 9.85. The Bertz CT molecular complexity index is 278. The maximum Gasteiger partial charge on any atom is 0.0692 e. The molecule has 0 radical (unpaired) electrons. The predicted molar refractivity (Wildman–Crippen MR) is 85.2 cm³/mol. The Labute approximate surface area is 125 Å². The Balaban J connectivity index is 1.94. The third-order valence-corrected chi connectivity index (χ3v) is 5.58. The summed E-state index contributed by atoms with van der Waals surface area (Å²) in [4.78, 5) is 2.77. The van der Waals surface area contributed by atoms with Gasteiger partial charge in [0.05, 0.1) is 5.60 Å². The van der Waals surface area contributed by atoms with Crippen LogP contribution in [0.1, 0.15) is 65.7 Å². The molecule has 2 rings (SSSR count). The van der Waals surface area contributed by atoms with Crippen molar-refractivity contribution in [2.75, 3.05) is 26.2 Å². The summed E-state index contributed by atoms with van der Waals surface area (Å²) in [5, 5.41) is 3.68. The van der Waals surface area contributed by atoms with Gasteiger partial charge in [0, 0.05) is 18.7 Å². The quantitative estimate of drug-likeness (QED) is 0.857. The number of nitrogens with zero attached hydrogens (tertiary/aromatic N) is 1. The molecular weight excluding hydrogens is 248 g/mol. The maximum absolute atomic E-state index is 6.14. The number of hydrogen-bond acceptors (Lipinski definition) is 3. The van der Waals surface area contributed by atoms with Crippen molar-refractivity contribution in [3.63, 3.8) is 0 Å². The van der Waals surface area contributed by atoms with Crippen molar-refractivity contribution in [2.45, 2.75) is 83.4 Å². The predicted octanol–water partition coefficient (Wildman–Crippen LogP) is 3.19. The van der Waals surface area contributed by atoms with Crippen LogP contribution in [-0.2, 0) is 4.74 Å². The minimum atomic E-state index is 0.160. The van der Waals surface area contributed by atoms with Gasteiger partial charge in [-0.05, 0) is 64.6 Å². The van der Waals surface area contributed by atoms with Gasteiger partial charge in [-0.2, -0.15) is 0 Å². The van der Waals surface area contributed by atoms with Gasteiger partial charge >= 0.3 is 0 Å². The molecule has 0 bridgehead atoms. The van der Waals surface area contributed by atoms with Crippen LogP contribution in [0.5, 0.6) is 0 Å². The molecule has 2 atom stereocenters. The van der Waals surface area contributed by atoms with Crippen molar-refractivity contribution in [1.82, 2.24) is 10.2 Å². The van der Waals surface area contributed by atoms with Gasteiger partial charge < -0.3 is 15.0 Å². The second-order valence-electron chi connectivity index (χ2n) is 6.62. The highest BCUT2D eigenvalue weighted by Gasteiger charge is 2.36. The molecular formula is C17H34N2O. The molecule has 0 aromatic carbocycles. The molecule has 3 nitrogen and oxygen atoms in total. The Morgan fingerprint density at radius 1 is 1.15 bits per heavy atom. The lowest BCUT2D eigenvalue weighted by Gasteiger charge is -2.45. The summed E-state index contributed by atoms with van der Waals surface area (Å²) in [5.74, 6) is 0. The van der Waals surface area contributed by atoms with Crippen molar-refractivity contribution in [1.29, 1.82) is 0 Å². The number of rotatable bonds is 4. The number of nitrogens with one attached hydrogen (secondary N) is 1. The van der Waals surface area contributed by atoms with E-state index in [9.17, 15) is 0 Å². The molecule has 0 amide bonds. The molecule has 0 aromatic rings. The van der Waals surface area contributed by atoms with Crippen LogP contribution in [0.15, 0.2) is 0 Å². The minimum absolute atomic E-state index is 0.160. The molecule has 0 aromatic heterocycles. The fraction of sp³-hybridized carbons (Fsp3) is 1.00. The second kappa shape index (κ2) is 7.77. The first kappa shape index (κ1) is 16.3. The van der Waals surface area contributed by atoms with E-state index in [0.29, 0.717) is 0 Å². The molecule has 0 saturated carbocycles. The van der Waals surface area contributed by atoms with Crippen LogP contribution in [0.2, 0.25) is 0 Å². The van der Waals surface area contributed by atoms with Gasteiger partial charge in [0.1, 0.15) is 0 Å². The molecule has 118 valence electrons. The highest BCUT2D eigenvalue weighted by atomic mass is 16.5. The molecule has 2 heterocycles. The van der Waals surface area contributed by atoms with E-state index in [1.807, 2.05) is 0 Å². The van der Waals surface area contributed by atoms with Crippen LogP contribution in [0, 0.1) is 0 Å². The van der Waals surface area contributed by atoms with Gasteiger partial charge in [-0.3, -0.25) is 0 Å². The molecule has 1 N–H and O–H groups in total. The summed E-state index contributed by atoms with van der Waals surface area (Å²) in [6, 6.07) is 1.47. The average Bonchev–Trinajstić information content (AvgIpc) is 2.47. The summed E-state index contributed by atoms with van der Waals surface area (Å²) in [6.07, 6.45) is 8.64. The molecule has 20 heavy (non-hydrogen) atoms. The highest BCUT2D eigenvalue weighted by Crippen LogP contribution is 2.33. The molecule has 2 aliphatic rings. The smallest absolute Gasteiger partial charge is 0.0692 e. The molecule has 0 aliphatic carbocycles. The zero-order chi connectivity index (χ0) is 14.4. The molecule has 2 unspecified atom stereocenters. The summed E-state index contributed by atoms with van der Waals surface area (Å²) in [6.45, 7) is 11.5. The Kier molecular flexibility index (Phi) is 6.31. The van der Waals surface area contributed by atoms with Crippen LogP contribution < -0.4 is 5.32 Å². The van der Waals surface area contributed by atoms with E-state index in [-0.39, 0.29) is 5.60 Å². The van der Waals surface area contributed by atoms with E-state index in [1.54, 1.807) is 0 Å². The summed E-state index contributed by atoms with van der Waals surface area (Å²) < 4.78 is 6.14. The maximum atomic E-state index is 6.14. The highest BCUT2D eigenvalue weighted by molar-refractivity contribution is 4.90. The third-order valence-electron chi connectivity index (χ3n) is 5.58. The van der Waals surface area contributed by atoms with Gasteiger partial charge in [0.2, 0.25) is 0 Å². The Morgan fingerprint density at radius 2 is 1.95 bits per heavy atom. The summed E-state index contributed by atoms with van der Waals surface area (Å²) in [7, 11) is 0. The van der Waals surface area contributed by atoms with Crippen molar-refractivity contribution in [3.8, 4) is 0 Å². The van der Waals surface area contributed by atoms with Crippen molar-refractivity contribution >= 4 is 0 Å². The van der Waals surface area contributed by atoms with Crippen molar-refractivity contribution in [2.24, 2.45) is 0 Å². The molecule has 0 spiro atoms. The van der Waals surface area contributed by atoms with Crippen molar-refractivity contribution < 1.29 is 4.74 Å². The van der Waals surface area contributed by atoms with Crippen LogP contribution in [0.3, 0.4) is 0 Å². The van der Waals surface area contributed by atoms with Crippen LogP contribution in [-0.4, -0.2) is 48.8 Å². The van der Waals surface area contributed by atoms with Crippen LogP contribution >= 0.6 is 0 Å². The van der Waals surface area contributed by atoms with Gasteiger partial charge in [-0.1, -0.05) is 20.8 Å². The Morgan fingerprint density at radius 3 is 2.65 bits per heavy atom. The van der Waals surface area contributed by atoms with Crippen LogP contribution in [0.4, 0.5) is 0 Å². The Hall–Kier alpha value is -0.120. The van der Waals surface area contributed by atoms with E-state index in [0.717, 1.165) is 31.5 Å². The van der Waals surface area contributed by atoms with E-state index < -0.39 is 0 Å². The first-order valence-electron chi connectivity index (χ1n) is 8.84. The number of hydrogen-bond donors (Lipinski definition) is 1. The molecule has 2 aliphatic heterocycles. The monoisotopic (exact) mass is 282 g/mol. The summed E-state index contributed by atoms with van der Waals surface area (Å²) in [5.41, 5.74) is 0.160. The first-order chi connectivity index (χ1) is 9.73. The normalized spacial score (nSPS) is 32.5. The van der Waals surface area contributed by atoms with Gasteiger partial charge in [0.15, 0.2) is 0 Å². The SMILES string of the molecule is CCC1CCN(C2CCOC(CC)(CC)C2)CCCN1. The molecule has 2 fully saturated rings. The zero-order valence-electron chi connectivity index (χ0n) is 13.8. The van der Waals surface area contributed by atoms with Gasteiger partial charge in [0.25, 0.3) is 0 Å². The largest absolute Gasteiger partial charge is 0.375 e. The average molecular weight is 282 g/mol. The lowest BCUT2D eigenvalue weighted by Crippen LogP contribution is -2.50. The van der Waals surface area contributed by atoms with E-state index >= 15 is 0 Å². The second-order valence-corrected chi connectivity index (χ2v) is 6.62. The molecule has 3 heteroatoms. The fourth-order valence-electron chi connectivity index (χ4n) is 3.89. The number of ether oxygens (including phenoxy) is 1. The van der Waals surface area contributed by atoms with Crippen LogP contribution in [0.25, 0.3) is 0 Å². The minimum Gasteiger partial charge on any atom is -0.375 e. The van der Waals surface area contributed by atoms with E-state index in [4.69, 9.17) is 4.74 Å². The van der Waals surface area contributed by atoms with E-state index in [1.165, 1.54) is 51.7 Å². The third kappa shape index (κ3) is 3.96. The summed E-state index contributed by atoms with van der Waals surface area (Å²) >= 11 is 0.